The summed E-state index contributed by atoms with van der Waals surface area (Å²) in [5.41, 5.74) is 1.75. The molecule has 0 saturated heterocycles. The molecule has 2 aromatic carbocycles. The Balaban J connectivity index is 1.99. The van der Waals surface area contributed by atoms with Gasteiger partial charge >= 0.3 is 0 Å². The van der Waals surface area contributed by atoms with Crippen molar-refractivity contribution < 1.29 is 19.0 Å². The second-order valence-electron chi connectivity index (χ2n) is 5.72. The first kappa shape index (κ1) is 19.9. The lowest BCUT2D eigenvalue weighted by Gasteiger charge is -2.17. The van der Waals surface area contributed by atoms with Gasteiger partial charge in [0.2, 0.25) is 5.91 Å². The summed E-state index contributed by atoms with van der Waals surface area (Å²) in [5.74, 6) is 1.86. The molecule has 27 heavy (non-hydrogen) atoms. The van der Waals surface area contributed by atoms with E-state index in [1.807, 2.05) is 30.3 Å². The third-order valence-electron chi connectivity index (χ3n) is 3.88. The SMILES string of the molecule is COc1ccc(CN(C)C(=O)/C=C/c2ccc(OCC#N)cc2)c(OC)c1. The summed E-state index contributed by atoms with van der Waals surface area (Å²) in [7, 11) is 4.91. The number of likely N-dealkylation sites (N-methyl/N-ethyl adjacent to an activating group) is 1. The van der Waals surface area contributed by atoms with Crippen molar-refractivity contribution in [2.75, 3.05) is 27.9 Å². The molecular weight excluding hydrogens is 344 g/mol. The Labute approximate surface area is 159 Å². The van der Waals surface area contributed by atoms with Crippen LogP contribution in [0.15, 0.2) is 48.5 Å². The fourth-order valence-corrected chi connectivity index (χ4v) is 2.40. The van der Waals surface area contributed by atoms with Crippen LogP contribution in [0.1, 0.15) is 11.1 Å². The van der Waals surface area contributed by atoms with Gasteiger partial charge in [0, 0.05) is 31.3 Å². The fraction of sp³-hybridized carbons (Fsp3) is 0.238. The molecule has 2 rings (SSSR count). The highest BCUT2D eigenvalue weighted by Gasteiger charge is 2.11. The van der Waals surface area contributed by atoms with E-state index in [0.29, 0.717) is 23.8 Å². The van der Waals surface area contributed by atoms with Crippen LogP contribution in [0.4, 0.5) is 0 Å². The van der Waals surface area contributed by atoms with Crippen LogP contribution < -0.4 is 14.2 Å². The molecular formula is C21H22N2O4. The largest absolute Gasteiger partial charge is 0.497 e. The lowest BCUT2D eigenvalue weighted by atomic mass is 10.1. The van der Waals surface area contributed by atoms with Gasteiger partial charge in [-0.2, -0.15) is 5.26 Å². The molecule has 140 valence electrons. The molecule has 0 unspecified atom stereocenters. The fourth-order valence-electron chi connectivity index (χ4n) is 2.40. The van der Waals surface area contributed by atoms with Gasteiger partial charge in [-0.25, -0.2) is 0 Å². The zero-order valence-electron chi connectivity index (χ0n) is 15.6. The van der Waals surface area contributed by atoms with Gasteiger partial charge in [0.1, 0.15) is 23.3 Å². The first-order valence-corrected chi connectivity index (χ1v) is 8.31. The number of rotatable bonds is 8. The summed E-state index contributed by atoms with van der Waals surface area (Å²) in [6.45, 7) is 0.421. The molecule has 0 atom stereocenters. The van der Waals surface area contributed by atoms with Crippen LogP contribution in [-0.2, 0) is 11.3 Å². The minimum atomic E-state index is -0.127. The second-order valence-corrected chi connectivity index (χ2v) is 5.72. The van der Waals surface area contributed by atoms with Crippen molar-refractivity contribution in [3.63, 3.8) is 0 Å². The van der Waals surface area contributed by atoms with Crippen molar-refractivity contribution in [1.29, 1.82) is 5.26 Å². The number of carbonyl (C=O) groups is 1. The first-order valence-electron chi connectivity index (χ1n) is 8.31. The minimum absolute atomic E-state index is 0.00723. The average Bonchev–Trinajstić information content (AvgIpc) is 2.71. The van der Waals surface area contributed by atoms with E-state index in [1.165, 1.54) is 6.08 Å². The first-order chi connectivity index (χ1) is 13.1. The standard InChI is InChI=1S/C21H22N2O4/c1-23(15-17-7-10-19(25-2)14-20(17)26-3)21(24)11-6-16-4-8-18(9-5-16)27-13-12-22/h4-11,14H,13,15H2,1-3H3/b11-6+. The van der Waals surface area contributed by atoms with Gasteiger partial charge in [0.25, 0.3) is 0 Å². The van der Waals surface area contributed by atoms with E-state index in [0.717, 1.165) is 11.1 Å². The maximum atomic E-state index is 12.4. The van der Waals surface area contributed by atoms with E-state index in [2.05, 4.69) is 0 Å². The molecule has 0 aromatic heterocycles. The quantitative estimate of drug-likeness (QED) is 0.671. The number of benzene rings is 2. The van der Waals surface area contributed by atoms with E-state index in [1.54, 1.807) is 50.4 Å². The van der Waals surface area contributed by atoms with Gasteiger partial charge in [-0.3, -0.25) is 4.79 Å². The molecule has 2 aromatic rings. The van der Waals surface area contributed by atoms with Gasteiger partial charge in [-0.05, 0) is 35.9 Å². The van der Waals surface area contributed by atoms with Crippen molar-refractivity contribution in [2.24, 2.45) is 0 Å². The Bertz CT molecular complexity index is 838. The Hall–Kier alpha value is -3.46. The molecule has 6 heteroatoms. The third-order valence-corrected chi connectivity index (χ3v) is 3.88. The maximum absolute atomic E-state index is 12.4. The zero-order valence-corrected chi connectivity index (χ0v) is 15.6. The van der Waals surface area contributed by atoms with Crippen molar-refractivity contribution in [1.82, 2.24) is 4.90 Å². The van der Waals surface area contributed by atoms with Crippen LogP contribution in [0.2, 0.25) is 0 Å². The number of methoxy groups -OCH3 is 2. The molecule has 0 N–H and O–H groups in total. The van der Waals surface area contributed by atoms with E-state index in [4.69, 9.17) is 19.5 Å². The molecule has 0 spiro atoms. The van der Waals surface area contributed by atoms with Crippen molar-refractivity contribution in [3.05, 3.63) is 59.7 Å². The molecule has 6 nitrogen and oxygen atoms in total. The highest BCUT2D eigenvalue weighted by Crippen LogP contribution is 2.25. The van der Waals surface area contributed by atoms with Crippen LogP contribution in [0, 0.1) is 11.3 Å². The number of hydrogen-bond donors (Lipinski definition) is 0. The molecule has 0 radical (unpaired) electrons. The molecule has 0 aliphatic heterocycles. The highest BCUT2D eigenvalue weighted by atomic mass is 16.5. The highest BCUT2D eigenvalue weighted by molar-refractivity contribution is 5.91. The topological polar surface area (TPSA) is 71.8 Å². The lowest BCUT2D eigenvalue weighted by molar-refractivity contribution is -0.125. The van der Waals surface area contributed by atoms with Crippen LogP contribution in [0.25, 0.3) is 6.08 Å². The Morgan fingerprint density at radius 2 is 1.81 bits per heavy atom. The number of ether oxygens (including phenoxy) is 3. The number of hydrogen-bond acceptors (Lipinski definition) is 5. The van der Waals surface area contributed by atoms with E-state index in [9.17, 15) is 4.79 Å². The van der Waals surface area contributed by atoms with Crippen LogP contribution in [-0.4, -0.2) is 38.7 Å². The van der Waals surface area contributed by atoms with Crippen molar-refractivity contribution in [3.8, 4) is 23.3 Å². The van der Waals surface area contributed by atoms with Gasteiger partial charge < -0.3 is 19.1 Å². The molecule has 0 aliphatic rings. The predicted octanol–water partition coefficient (Wildman–Crippen LogP) is 3.28. The van der Waals surface area contributed by atoms with Crippen LogP contribution >= 0.6 is 0 Å². The predicted molar refractivity (Wildman–Crippen MR) is 103 cm³/mol. The van der Waals surface area contributed by atoms with Gasteiger partial charge in [0.15, 0.2) is 6.61 Å². The molecule has 0 fully saturated rings. The normalized spacial score (nSPS) is 10.3. The monoisotopic (exact) mass is 366 g/mol. The van der Waals surface area contributed by atoms with Gasteiger partial charge in [-0.1, -0.05) is 12.1 Å². The van der Waals surface area contributed by atoms with E-state index >= 15 is 0 Å². The number of nitrogens with zero attached hydrogens (tertiary/aromatic N) is 2. The summed E-state index contributed by atoms with van der Waals surface area (Å²) < 4.78 is 15.8. The molecule has 0 saturated carbocycles. The van der Waals surface area contributed by atoms with Crippen molar-refractivity contribution in [2.45, 2.75) is 6.54 Å². The third kappa shape index (κ3) is 5.79. The molecule has 0 bridgehead atoms. The van der Waals surface area contributed by atoms with Crippen LogP contribution in [0.3, 0.4) is 0 Å². The summed E-state index contributed by atoms with van der Waals surface area (Å²) in [5, 5.41) is 8.50. The lowest BCUT2D eigenvalue weighted by Crippen LogP contribution is -2.24. The van der Waals surface area contributed by atoms with Gasteiger partial charge in [-0.15, -0.1) is 0 Å². The average molecular weight is 366 g/mol. The van der Waals surface area contributed by atoms with E-state index in [-0.39, 0.29) is 12.5 Å². The summed E-state index contributed by atoms with van der Waals surface area (Å²) in [4.78, 5) is 14.0. The molecule has 1 amide bonds. The number of amides is 1. The summed E-state index contributed by atoms with van der Waals surface area (Å²) >= 11 is 0. The Kier molecular flexibility index (Phi) is 7.26. The Morgan fingerprint density at radius 1 is 1.11 bits per heavy atom. The van der Waals surface area contributed by atoms with E-state index < -0.39 is 0 Å². The second kappa shape index (κ2) is 9.88. The van der Waals surface area contributed by atoms with Crippen molar-refractivity contribution >= 4 is 12.0 Å². The summed E-state index contributed by atoms with van der Waals surface area (Å²) in [6.07, 6.45) is 3.25. The number of nitriles is 1. The van der Waals surface area contributed by atoms with Gasteiger partial charge in [0.05, 0.1) is 14.2 Å². The maximum Gasteiger partial charge on any atom is 0.246 e. The minimum Gasteiger partial charge on any atom is -0.497 e. The smallest absolute Gasteiger partial charge is 0.246 e. The molecule has 0 heterocycles. The zero-order chi connectivity index (χ0) is 19.6. The summed E-state index contributed by atoms with van der Waals surface area (Å²) in [6, 6.07) is 14.6. The number of carbonyl (C=O) groups excluding carboxylic acids is 1. The van der Waals surface area contributed by atoms with Crippen LogP contribution in [0.5, 0.6) is 17.2 Å². The Morgan fingerprint density at radius 3 is 2.44 bits per heavy atom. The molecule has 0 aliphatic carbocycles.